The van der Waals surface area contributed by atoms with Crippen LogP contribution in [-0.2, 0) is 6.54 Å². The number of benzene rings is 2. The molecular formula is C20H15N3O2. The van der Waals surface area contributed by atoms with Crippen LogP contribution in [0, 0.1) is 0 Å². The molecule has 4 rings (SSSR count). The van der Waals surface area contributed by atoms with Crippen LogP contribution >= 0.6 is 0 Å². The molecule has 0 bridgehead atoms. The summed E-state index contributed by atoms with van der Waals surface area (Å²) in [5, 5.41) is 0.953. The molecule has 5 heteroatoms. The van der Waals surface area contributed by atoms with E-state index in [1.807, 2.05) is 35.0 Å². The molecule has 5 nitrogen and oxygen atoms in total. The molecule has 0 amide bonds. The van der Waals surface area contributed by atoms with Crippen molar-refractivity contribution in [3.63, 3.8) is 0 Å². The van der Waals surface area contributed by atoms with Gasteiger partial charge >= 0.3 is 5.97 Å². The normalized spacial score (nSPS) is 10.7. The molecule has 0 saturated carbocycles. The maximum atomic E-state index is 12.3. The van der Waals surface area contributed by atoms with Crippen LogP contribution in [0.25, 0.3) is 10.9 Å². The van der Waals surface area contributed by atoms with Crippen LogP contribution in [0.15, 0.2) is 79.5 Å². The molecule has 0 aliphatic heterocycles. The minimum absolute atomic E-state index is 0.394. The van der Waals surface area contributed by atoms with Gasteiger partial charge in [0.2, 0.25) is 0 Å². The largest absolute Gasteiger partial charge is 0.421 e. The highest BCUT2D eigenvalue weighted by Crippen LogP contribution is 2.28. The number of carbonyl (C=O) groups excluding carboxylic acids is 1. The molecule has 4 aromatic rings. The summed E-state index contributed by atoms with van der Waals surface area (Å²) < 4.78 is 7.57. The van der Waals surface area contributed by atoms with E-state index < -0.39 is 5.97 Å². The Balaban J connectivity index is 1.70. The fourth-order valence-electron chi connectivity index (χ4n) is 2.74. The van der Waals surface area contributed by atoms with E-state index in [2.05, 4.69) is 9.97 Å². The number of imidazole rings is 1. The second-order valence-corrected chi connectivity index (χ2v) is 5.61. The quantitative estimate of drug-likeness (QED) is 0.423. The van der Waals surface area contributed by atoms with Crippen molar-refractivity contribution in [1.29, 1.82) is 0 Å². The number of carbonyl (C=O) groups is 1. The molecule has 0 aliphatic carbocycles. The van der Waals surface area contributed by atoms with Crippen LogP contribution in [0.1, 0.15) is 15.9 Å². The van der Waals surface area contributed by atoms with Gasteiger partial charge in [-0.25, -0.2) is 9.78 Å². The van der Waals surface area contributed by atoms with Gasteiger partial charge in [0.1, 0.15) is 5.52 Å². The second-order valence-electron chi connectivity index (χ2n) is 5.61. The fourth-order valence-corrected chi connectivity index (χ4v) is 2.74. The Morgan fingerprint density at radius 2 is 1.88 bits per heavy atom. The summed E-state index contributed by atoms with van der Waals surface area (Å²) >= 11 is 0. The molecule has 0 spiro atoms. The third-order valence-corrected chi connectivity index (χ3v) is 3.95. The van der Waals surface area contributed by atoms with E-state index in [-0.39, 0.29) is 0 Å². The van der Waals surface area contributed by atoms with Gasteiger partial charge in [0.05, 0.1) is 11.9 Å². The van der Waals surface area contributed by atoms with Gasteiger partial charge in [0.25, 0.3) is 0 Å². The number of nitrogens with zero attached hydrogens (tertiary/aromatic N) is 3. The standard InChI is InChI=1S/C20H15N3O2/c24-20(15-5-2-1-3-6-15)25-18-9-8-16(13-23-12-11-21-14-23)17-7-4-10-22-19(17)18/h1-12,14H,13H2. The lowest BCUT2D eigenvalue weighted by Gasteiger charge is -2.11. The fraction of sp³-hybridized carbons (Fsp3) is 0.0500. The molecule has 0 aliphatic rings. The summed E-state index contributed by atoms with van der Waals surface area (Å²) in [6.45, 7) is 0.676. The molecule has 2 aromatic heterocycles. The van der Waals surface area contributed by atoms with E-state index in [0.29, 0.717) is 23.4 Å². The van der Waals surface area contributed by atoms with Gasteiger partial charge in [0.15, 0.2) is 5.75 Å². The Bertz CT molecular complexity index is 1010. The minimum atomic E-state index is -0.394. The molecule has 0 N–H and O–H groups in total. The Morgan fingerprint density at radius 3 is 2.68 bits per heavy atom. The van der Waals surface area contributed by atoms with E-state index in [9.17, 15) is 4.79 Å². The van der Waals surface area contributed by atoms with Crippen LogP contribution in [-0.4, -0.2) is 20.5 Å². The zero-order valence-electron chi connectivity index (χ0n) is 13.4. The van der Waals surface area contributed by atoms with Crippen molar-refractivity contribution in [3.05, 3.63) is 90.6 Å². The number of rotatable bonds is 4. The predicted molar refractivity (Wildman–Crippen MR) is 94.5 cm³/mol. The zero-order chi connectivity index (χ0) is 17.1. The summed E-state index contributed by atoms with van der Waals surface area (Å²) in [6, 6.07) is 16.5. The number of aromatic nitrogens is 3. The Hall–Kier alpha value is -3.47. The van der Waals surface area contributed by atoms with E-state index in [1.54, 1.807) is 49.1 Å². The summed E-state index contributed by atoms with van der Waals surface area (Å²) in [7, 11) is 0. The van der Waals surface area contributed by atoms with Crippen LogP contribution in [0.2, 0.25) is 0 Å². The van der Waals surface area contributed by atoms with Crippen LogP contribution in [0.3, 0.4) is 0 Å². The lowest BCUT2D eigenvalue weighted by Crippen LogP contribution is -2.09. The van der Waals surface area contributed by atoms with Crippen molar-refractivity contribution in [2.45, 2.75) is 6.54 Å². The van der Waals surface area contributed by atoms with Crippen molar-refractivity contribution in [2.75, 3.05) is 0 Å². The highest BCUT2D eigenvalue weighted by molar-refractivity contribution is 5.95. The molecule has 0 fully saturated rings. The number of hydrogen-bond acceptors (Lipinski definition) is 4. The predicted octanol–water partition coefficient (Wildman–Crippen LogP) is 3.70. The maximum absolute atomic E-state index is 12.3. The monoisotopic (exact) mass is 329 g/mol. The number of fused-ring (bicyclic) bond motifs is 1. The second kappa shape index (κ2) is 6.57. The molecule has 2 heterocycles. The molecule has 25 heavy (non-hydrogen) atoms. The first kappa shape index (κ1) is 15.1. The lowest BCUT2D eigenvalue weighted by atomic mass is 10.1. The van der Waals surface area contributed by atoms with Crippen LogP contribution < -0.4 is 4.74 Å². The molecule has 0 atom stereocenters. The highest BCUT2D eigenvalue weighted by atomic mass is 16.5. The SMILES string of the molecule is O=C(Oc1ccc(Cn2ccnc2)c2cccnc12)c1ccccc1. The average Bonchev–Trinajstić information content (AvgIpc) is 3.17. The summed E-state index contributed by atoms with van der Waals surface area (Å²) in [5.41, 5.74) is 2.26. The van der Waals surface area contributed by atoms with Crippen LogP contribution in [0.4, 0.5) is 0 Å². The number of esters is 1. The van der Waals surface area contributed by atoms with Gasteiger partial charge < -0.3 is 9.30 Å². The van der Waals surface area contributed by atoms with Gasteiger partial charge in [-0.15, -0.1) is 0 Å². The maximum Gasteiger partial charge on any atom is 0.343 e. The van der Waals surface area contributed by atoms with Gasteiger partial charge in [0, 0.05) is 30.5 Å². The lowest BCUT2D eigenvalue weighted by molar-refractivity contribution is 0.0736. The Morgan fingerprint density at radius 1 is 1.00 bits per heavy atom. The highest BCUT2D eigenvalue weighted by Gasteiger charge is 2.13. The van der Waals surface area contributed by atoms with Gasteiger partial charge in [-0.1, -0.05) is 30.3 Å². The molecule has 0 radical (unpaired) electrons. The molecule has 122 valence electrons. The third kappa shape index (κ3) is 3.12. The van der Waals surface area contributed by atoms with Crippen molar-refractivity contribution in [2.24, 2.45) is 0 Å². The van der Waals surface area contributed by atoms with Gasteiger partial charge in [-0.2, -0.15) is 0 Å². The van der Waals surface area contributed by atoms with E-state index in [0.717, 1.165) is 10.9 Å². The summed E-state index contributed by atoms with van der Waals surface area (Å²) in [5.74, 6) is 0.0637. The third-order valence-electron chi connectivity index (χ3n) is 3.95. The summed E-state index contributed by atoms with van der Waals surface area (Å²) in [6.07, 6.45) is 7.12. The first-order chi connectivity index (χ1) is 12.3. The van der Waals surface area contributed by atoms with Gasteiger partial charge in [-0.05, 0) is 29.8 Å². The Labute approximate surface area is 144 Å². The van der Waals surface area contributed by atoms with Crippen molar-refractivity contribution < 1.29 is 9.53 Å². The number of hydrogen-bond donors (Lipinski definition) is 0. The summed E-state index contributed by atoms with van der Waals surface area (Å²) in [4.78, 5) is 20.8. The van der Waals surface area contributed by atoms with Crippen molar-refractivity contribution in [1.82, 2.24) is 14.5 Å². The van der Waals surface area contributed by atoms with E-state index in [4.69, 9.17) is 4.74 Å². The average molecular weight is 329 g/mol. The Kier molecular flexibility index (Phi) is 3.96. The molecular weight excluding hydrogens is 314 g/mol. The topological polar surface area (TPSA) is 57.0 Å². The number of ether oxygens (including phenoxy) is 1. The van der Waals surface area contributed by atoms with Gasteiger partial charge in [-0.3, -0.25) is 4.98 Å². The molecule has 0 saturated heterocycles. The molecule has 2 aromatic carbocycles. The zero-order valence-corrected chi connectivity index (χ0v) is 13.4. The minimum Gasteiger partial charge on any atom is -0.421 e. The van der Waals surface area contributed by atoms with Crippen LogP contribution in [0.5, 0.6) is 5.75 Å². The van der Waals surface area contributed by atoms with Crippen molar-refractivity contribution >= 4 is 16.9 Å². The van der Waals surface area contributed by atoms with Crippen molar-refractivity contribution in [3.8, 4) is 5.75 Å². The molecule has 0 unspecified atom stereocenters. The number of pyridine rings is 1. The first-order valence-corrected chi connectivity index (χ1v) is 7.91. The first-order valence-electron chi connectivity index (χ1n) is 7.91. The smallest absolute Gasteiger partial charge is 0.343 e. The van der Waals surface area contributed by atoms with E-state index >= 15 is 0 Å². The van der Waals surface area contributed by atoms with E-state index in [1.165, 1.54) is 0 Å².